The van der Waals surface area contributed by atoms with Gasteiger partial charge in [-0.3, -0.25) is 9.59 Å². The summed E-state index contributed by atoms with van der Waals surface area (Å²) in [6.45, 7) is 3.75. The van der Waals surface area contributed by atoms with Gasteiger partial charge in [0.25, 0.3) is 5.91 Å². The number of hydrogen-bond acceptors (Lipinski definition) is 5. The van der Waals surface area contributed by atoms with Crippen molar-refractivity contribution in [3.8, 4) is 0 Å². The number of thioether (sulfide) groups is 1. The van der Waals surface area contributed by atoms with Gasteiger partial charge in [-0.25, -0.2) is 0 Å². The Hall–Kier alpha value is -2.26. The molecule has 3 rings (SSSR count). The van der Waals surface area contributed by atoms with E-state index in [2.05, 4.69) is 20.8 Å². The zero-order valence-corrected chi connectivity index (χ0v) is 20.5. The maximum absolute atomic E-state index is 12.5. The van der Waals surface area contributed by atoms with Crippen LogP contribution in [0.2, 0.25) is 15.1 Å². The Kier molecular flexibility index (Phi) is 8.05. The molecule has 1 atom stereocenters. The van der Waals surface area contributed by atoms with Crippen LogP contribution in [-0.2, 0) is 11.8 Å². The van der Waals surface area contributed by atoms with Crippen molar-refractivity contribution in [1.82, 2.24) is 20.1 Å². The summed E-state index contributed by atoms with van der Waals surface area (Å²) in [5, 5.41) is 15.3. The molecule has 0 saturated heterocycles. The molecule has 1 heterocycles. The maximum atomic E-state index is 12.5. The number of halogens is 3. The van der Waals surface area contributed by atoms with Gasteiger partial charge in [-0.15, -0.1) is 10.2 Å². The number of aromatic nitrogens is 3. The predicted octanol–water partition coefficient (Wildman–Crippen LogP) is 5.31. The summed E-state index contributed by atoms with van der Waals surface area (Å²) in [5.74, 6) is 0.158. The molecule has 0 fully saturated rings. The minimum Gasteiger partial charge on any atom is -0.342 e. The molecule has 168 valence electrons. The van der Waals surface area contributed by atoms with E-state index in [1.54, 1.807) is 17.7 Å². The summed E-state index contributed by atoms with van der Waals surface area (Å²) in [5.41, 5.74) is 1.95. The average molecular weight is 513 g/mol. The number of rotatable bonds is 7. The van der Waals surface area contributed by atoms with Crippen LogP contribution in [0.1, 0.15) is 34.7 Å². The van der Waals surface area contributed by atoms with E-state index >= 15 is 0 Å². The number of anilines is 1. The largest absolute Gasteiger partial charge is 0.342 e. The highest BCUT2D eigenvalue weighted by atomic mass is 35.5. The number of amides is 2. The molecule has 0 aliphatic heterocycles. The van der Waals surface area contributed by atoms with Gasteiger partial charge in [0.1, 0.15) is 0 Å². The Balaban J connectivity index is 1.60. The van der Waals surface area contributed by atoms with Crippen LogP contribution in [0.3, 0.4) is 0 Å². The molecule has 0 spiro atoms. The van der Waals surface area contributed by atoms with Crippen LogP contribution >= 0.6 is 46.6 Å². The minimum absolute atomic E-state index is 0.0760. The third kappa shape index (κ3) is 5.95. The smallest absolute Gasteiger partial charge is 0.251 e. The van der Waals surface area contributed by atoms with E-state index in [0.717, 1.165) is 5.56 Å². The van der Waals surface area contributed by atoms with Gasteiger partial charge in [0.05, 0.1) is 32.5 Å². The fourth-order valence-corrected chi connectivity index (χ4v) is 4.21. The Bertz CT molecular complexity index is 1170. The summed E-state index contributed by atoms with van der Waals surface area (Å²) in [7, 11) is 1.78. The van der Waals surface area contributed by atoms with Gasteiger partial charge in [-0.05, 0) is 38.1 Å². The molecule has 0 aliphatic rings. The van der Waals surface area contributed by atoms with Gasteiger partial charge in [-0.2, -0.15) is 0 Å². The highest BCUT2D eigenvalue weighted by Crippen LogP contribution is 2.32. The second-order valence-corrected chi connectivity index (χ2v) is 9.21. The molecule has 11 heteroatoms. The van der Waals surface area contributed by atoms with E-state index < -0.39 is 0 Å². The molecule has 1 aromatic heterocycles. The number of carbonyl (C=O) groups is 2. The first-order valence-electron chi connectivity index (χ1n) is 9.49. The molecule has 0 saturated carbocycles. The van der Waals surface area contributed by atoms with Crippen LogP contribution < -0.4 is 10.6 Å². The first kappa shape index (κ1) is 24.4. The average Bonchev–Trinajstić information content (AvgIpc) is 3.11. The quantitative estimate of drug-likeness (QED) is 0.331. The van der Waals surface area contributed by atoms with Gasteiger partial charge < -0.3 is 15.2 Å². The summed E-state index contributed by atoms with van der Waals surface area (Å²) in [4.78, 5) is 24.8. The minimum atomic E-state index is -0.376. The number of nitrogens with one attached hydrogen (secondary N) is 2. The van der Waals surface area contributed by atoms with E-state index in [9.17, 15) is 9.59 Å². The second kappa shape index (κ2) is 10.6. The molecule has 2 aromatic carbocycles. The molecular weight excluding hydrogens is 493 g/mol. The lowest BCUT2D eigenvalue weighted by Crippen LogP contribution is -2.28. The second-order valence-electron chi connectivity index (χ2n) is 7.05. The highest BCUT2D eigenvalue weighted by Gasteiger charge is 2.19. The van der Waals surface area contributed by atoms with Gasteiger partial charge in [0.2, 0.25) is 5.91 Å². The lowest BCUT2D eigenvalue weighted by atomic mass is 10.1. The predicted molar refractivity (Wildman–Crippen MR) is 129 cm³/mol. The Morgan fingerprint density at radius 2 is 1.81 bits per heavy atom. The summed E-state index contributed by atoms with van der Waals surface area (Å²) in [6.07, 6.45) is 0. The summed E-state index contributed by atoms with van der Waals surface area (Å²) < 4.78 is 1.74. The van der Waals surface area contributed by atoms with Crippen LogP contribution in [0.15, 0.2) is 41.6 Å². The topological polar surface area (TPSA) is 88.9 Å². The van der Waals surface area contributed by atoms with Crippen molar-refractivity contribution in [3.63, 3.8) is 0 Å². The summed E-state index contributed by atoms with van der Waals surface area (Å²) in [6, 6.07) is 9.92. The fraction of sp³-hybridized carbons (Fsp3) is 0.238. The standard InChI is InChI=1S/C21H20Cl3N5O2S/c1-11-5-4-6-13(7-11)20(31)25-12(2)19-27-28-21(29(19)3)32-10-18(30)26-17-9-15(23)14(22)8-16(17)24/h4-9,12H,10H2,1-3H3,(H,25,31)(H,26,30)/t12-/m1/s1. The molecule has 32 heavy (non-hydrogen) atoms. The number of benzene rings is 2. The zero-order chi connectivity index (χ0) is 23.4. The molecular formula is C21H20Cl3N5O2S. The van der Waals surface area contributed by atoms with E-state index in [0.29, 0.717) is 32.3 Å². The van der Waals surface area contributed by atoms with Gasteiger partial charge in [0, 0.05) is 12.6 Å². The molecule has 2 N–H and O–H groups in total. The molecule has 0 aliphatic carbocycles. The lowest BCUT2D eigenvalue weighted by Gasteiger charge is -2.14. The van der Waals surface area contributed by atoms with E-state index in [4.69, 9.17) is 34.8 Å². The van der Waals surface area contributed by atoms with Crippen molar-refractivity contribution in [3.05, 3.63) is 68.4 Å². The van der Waals surface area contributed by atoms with Crippen molar-refractivity contribution < 1.29 is 9.59 Å². The van der Waals surface area contributed by atoms with Crippen molar-refractivity contribution in [2.24, 2.45) is 7.05 Å². The normalized spacial score (nSPS) is 11.8. The number of hydrogen-bond donors (Lipinski definition) is 2. The Morgan fingerprint density at radius 3 is 2.53 bits per heavy atom. The Morgan fingerprint density at radius 1 is 1.09 bits per heavy atom. The summed E-state index contributed by atoms with van der Waals surface area (Å²) >= 11 is 19.2. The molecule has 3 aromatic rings. The van der Waals surface area contributed by atoms with Gasteiger partial charge in [-0.1, -0.05) is 64.3 Å². The number of aryl methyl sites for hydroxylation is 1. The molecule has 0 radical (unpaired) electrons. The number of nitrogens with zero attached hydrogens (tertiary/aromatic N) is 3. The third-order valence-corrected chi connectivity index (χ3v) is 6.56. The fourth-order valence-electron chi connectivity index (χ4n) is 2.89. The van der Waals surface area contributed by atoms with Crippen LogP contribution in [0, 0.1) is 6.92 Å². The van der Waals surface area contributed by atoms with Crippen molar-refractivity contribution >= 4 is 64.1 Å². The van der Waals surface area contributed by atoms with E-state index in [-0.39, 0.29) is 28.6 Å². The molecule has 7 nitrogen and oxygen atoms in total. The first-order chi connectivity index (χ1) is 15.2. The highest BCUT2D eigenvalue weighted by molar-refractivity contribution is 7.99. The van der Waals surface area contributed by atoms with Crippen LogP contribution in [-0.4, -0.2) is 32.3 Å². The first-order valence-corrected chi connectivity index (χ1v) is 11.6. The van der Waals surface area contributed by atoms with Crippen molar-refractivity contribution in [2.45, 2.75) is 25.0 Å². The molecule has 2 amide bonds. The molecule has 0 unspecified atom stereocenters. The van der Waals surface area contributed by atoms with Gasteiger partial charge >= 0.3 is 0 Å². The third-order valence-electron chi connectivity index (χ3n) is 4.50. The van der Waals surface area contributed by atoms with Crippen molar-refractivity contribution in [1.29, 1.82) is 0 Å². The SMILES string of the molecule is Cc1cccc(C(=O)N[C@H](C)c2nnc(SCC(=O)Nc3cc(Cl)c(Cl)cc3Cl)n2C)c1. The lowest BCUT2D eigenvalue weighted by molar-refractivity contribution is -0.113. The van der Waals surface area contributed by atoms with Crippen LogP contribution in [0.4, 0.5) is 5.69 Å². The van der Waals surface area contributed by atoms with Crippen LogP contribution in [0.25, 0.3) is 0 Å². The van der Waals surface area contributed by atoms with E-state index in [1.807, 2.05) is 32.0 Å². The monoisotopic (exact) mass is 511 g/mol. The van der Waals surface area contributed by atoms with Gasteiger partial charge in [0.15, 0.2) is 11.0 Å². The van der Waals surface area contributed by atoms with E-state index in [1.165, 1.54) is 23.9 Å². The Labute approximate surface area is 204 Å². The van der Waals surface area contributed by atoms with Crippen molar-refractivity contribution in [2.75, 3.05) is 11.1 Å². The van der Waals surface area contributed by atoms with Crippen LogP contribution in [0.5, 0.6) is 0 Å². The molecule has 0 bridgehead atoms. The zero-order valence-electron chi connectivity index (χ0n) is 17.4. The maximum Gasteiger partial charge on any atom is 0.251 e. The number of carbonyl (C=O) groups excluding carboxylic acids is 2.